The minimum absolute atomic E-state index is 0.141. The lowest BCUT2D eigenvalue weighted by molar-refractivity contribution is -0.123. The Morgan fingerprint density at radius 3 is 2.31 bits per heavy atom. The quantitative estimate of drug-likeness (QED) is 0.346. The molecule has 2 amide bonds. The molecule has 0 bridgehead atoms. The van der Waals surface area contributed by atoms with Gasteiger partial charge in [0.15, 0.2) is 0 Å². The molecule has 0 spiro atoms. The maximum atomic E-state index is 12.7. The SMILES string of the molecule is Cc1ccc(NC(=O)CNC(=O)Cc2cccc3ccccc23)cc1NS(=O)(=O)c1ccccc1. The van der Waals surface area contributed by atoms with Crippen molar-refractivity contribution in [2.75, 3.05) is 16.6 Å². The third kappa shape index (κ3) is 6.04. The van der Waals surface area contributed by atoms with Crippen LogP contribution in [0.5, 0.6) is 0 Å². The number of carbonyl (C=O) groups excluding carboxylic acids is 2. The van der Waals surface area contributed by atoms with Gasteiger partial charge in [-0.3, -0.25) is 14.3 Å². The Labute approximate surface area is 204 Å². The largest absolute Gasteiger partial charge is 0.347 e. The molecular weight excluding hydrogens is 462 g/mol. The van der Waals surface area contributed by atoms with Crippen LogP contribution in [0.25, 0.3) is 10.8 Å². The normalized spacial score (nSPS) is 11.1. The van der Waals surface area contributed by atoms with E-state index in [1.807, 2.05) is 42.5 Å². The molecule has 4 aromatic rings. The van der Waals surface area contributed by atoms with E-state index < -0.39 is 15.9 Å². The van der Waals surface area contributed by atoms with E-state index in [9.17, 15) is 18.0 Å². The molecule has 7 nitrogen and oxygen atoms in total. The summed E-state index contributed by atoms with van der Waals surface area (Å²) in [5.74, 6) is -0.686. The van der Waals surface area contributed by atoms with E-state index in [-0.39, 0.29) is 23.8 Å². The molecule has 35 heavy (non-hydrogen) atoms. The van der Waals surface area contributed by atoms with E-state index in [1.165, 1.54) is 12.1 Å². The van der Waals surface area contributed by atoms with Gasteiger partial charge in [-0.1, -0.05) is 66.7 Å². The van der Waals surface area contributed by atoms with E-state index in [4.69, 9.17) is 0 Å². The average Bonchev–Trinajstić information content (AvgIpc) is 2.85. The highest BCUT2D eigenvalue weighted by Gasteiger charge is 2.16. The first kappa shape index (κ1) is 24.0. The van der Waals surface area contributed by atoms with Crippen LogP contribution in [0.3, 0.4) is 0 Å². The number of fused-ring (bicyclic) bond motifs is 1. The molecule has 0 radical (unpaired) electrons. The molecule has 0 saturated carbocycles. The zero-order chi connectivity index (χ0) is 24.8. The molecule has 0 aliphatic heterocycles. The predicted molar refractivity (Wildman–Crippen MR) is 138 cm³/mol. The lowest BCUT2D eigenvalue weighted by atomic mass is 10.0. The molecule has 0 saturated heterocycles. The third-order valence-corrected chi connectivity index (χ3v) is 6.88. The maximum Gasteiger partial charge on any atom is 0.261 e. The van der Waals surface area contributed by atoms with Crippen molar-refractivity contribution < 1.29 is 18.0 Å². The summed E-state index contributed by atoms with van der Waals surface area (Å²) >= 11 is 0. The summed E-state index contributed by atoms with van der Waals surface area (Å²) in [6.45, 7) is 1.56. The zero-order valence-electron chi connectivity index (χ0n) is 19.1. The first-order chi connectivity index (χ1) is 16.8. The Balaban J connectivity index is 1.36. The van der Waals surface area contributed by atoms with Crippen molar-refractivity contribution in [2.24, 2.45) is 0 Å². The number of nitrogens with one attached hydrogen (secondary N) is 3. The van der Waals surface area contributed by atoms with Crippen LogP contribution in [-0.2, 0) is 26.0 Å². The molecule has 0 heterocycles. The van der Waals surface area contributed by atoms with Crippen LogP contribution in [0.4, 0.5) is 11.4 Å². The molecule has 4 aromatic carbocycles. The van der Waals surface area contributed by atoms with E-state index in [0.717, 1.165) is 16.3 Å². The summed E-state index contributed by atoms with van der Waals surface area (Å²) in [5.41, 5.74) is 2.35. The van der Waals surface area contributed by atoms with Gasteiger partial charge >= 0.3 is 0 Å². The summed E-state index contributed by atoms with van der Waals surface area (Å²) in [6, 6.07) is 26.6. The Morgan fingerprint density at radius 2 is 1.51 bits per heavy atom. The Morgan fingerprint density at radius 1 is 0.800 bits per heavy atom. The minimum atomic E-state index is -3.77. The van der Waals surface area contributed by atoms with E-state index in [0.29, 0.717) is 16.9 Å². The molecule has 8 heteroatoms. The number of sulfonamides is 1. The van der Waals surface area contributed by atoms with Crippen LogP contribution in [-0.4, -0.2) is 26.8 Å². The highest BCUT2D eigenvalue weighted by atomic mass is 32.2. The highest BCUT2D eigenvalue weighted by Crippen LogP contribution is 2.24. The fourth-order valence-corrected chi connectivity index (χ4v) is 4.82. The number of carbonyl (C=O) groups is 2. The zero-order valence-corrected chi connectivity index (χ0v) is 19.9. The summed E-state index contributed by atoms with van der Waals surface area (Å²) in [4.78, 5) is 25.0. The van der Waals surface area contributed by atoms with Gasteiger partial charge in [0.25, 0.3) is 10.0 Å². The summed E-state index contributed by atoms with van der Waals surface area (Å²) in [6.07, 6.45) is 0.157. The summed E-state index contributed by atoms with van der Waals surface area (Å²) in [7, 11) is -3.77. The Kier molecular flexibility index (Phi) is 7.12. The fourth-order valence-electron chi connectivity index (χ4n) is 3.68. The second-order valence-corrected chi connectivity index (χ2v) is 9.77. The monoisotopic (exact) mass is 487 g/mol. The summed E-state index contributed by atoms with van der Waals surface area (Å²) < 4.78 is 27.9. The molecular formula is C27H25N3O4S. The number of aryl methyl sites for hydroxylation is 1. The number of anilines is 2. The van der Waals surface area contributed by atoms with Crippen LogP contribution in [0.15, 0.2) is 95.9 Å². The molecule has 3 N–H and O–H groups in total. The van der Waals surface area contributed by atoms with Gasteiger partial charge in [-0.05, 0) is 53.1 Å². The van der Waals surface area contributed by atoms with Gasteiger partial charge in [-0.15, -0.1) is 0 Å². The van der Waals surface area contributed by atoms with Crippen molar-refractivity contribution in [3.8, 4) is 0 Å². The number of hydrogen-bond donors (Lipinski definition) is 3. The van der Waals surface area contributed by atoms with Crippen molar-refractivity contribution in [1.29, 1.82) is 0 Å². The highest BCUT2D eigenvalue weighted by molar-refractivity contribution is 7.92. The molecule has 0 atom stereocenters. The van der Waals surface area contributed by atoms with E-state index >= 15 is 0 Å². The van der Waals surface area contributed by atoms with Gasteiger partial charge in [0, 0.05) is 5.69 Å². The van der Waals surface area contributed by atoms with Crippen molar-refractivity contribution in [1.82, 2.24) is 5.32 Å². The third-order valence-electron chi connectivity index (χ3n) is 5.50. The number of amides is 2. The first-order valence-electron chi connectivity index (χ1n) is 11.0. The maximum absolute atomic E-state index is 12.7. The van der Waals surface area contributed by atoms with Gasteiger partial charge in [-0.2, -0.15) is 0 Å². The van der Waals surface area contributed by atoms with Gasteiger partial charge < -0.3 is 10.6 Å². The fraction of sp³-hybridized carbons (Fsp3) is 0.111. The summed E-state index contributed by atoms with van der Waals surface area (Å²) in [5, 5.41) is 7.38. The van der Waals surface area contributed by atoms with Crippen LogP contribution in [0.2, 0.25) is 0 Å². The van der Waals surface area contributed by atoms with E-state index in [1.54, 1.807) is 43.3 Å². The first-order valence-corrected chi connectivity index (χ1v) is 12.5. The standard InChI is InChI=1S/C27H25N3O4S/c1-19-14-15-22(17-25(19)30-35(33,34)23-11-3-2-4-12-23)29-27(32)18-28-26(31)16-21-10-7-9-20-8-5-6-13-24(20)21/h2-15,17,30H,16,18H2,1H3,(H,28,31)(H,29,32). The van der Waals surface area contributed by atoms with Gasteiger partial charge in [0.1, 0.15) is 0 Å². The molecule has 0 aliphatic rings. The van der Waals surface area contributed by atoms with Crippen LogP contribution >= 0.6 is 0 Å². The molecule has 178 valence electrons. The van der Waals surface area contributed by atoms with Gasteiger partial charge in [0.2, 0.25) is 11.8 Å². The topological polar surface area (TPSA) is 104 Å². The molecule has 0 fully saturated rings. The van der Waals surface area contributed by atoms with Crippen molar-refractivity contribution >= 4 is 44.0 Å². The minimum Gasteiger partial charge on any atom is -0.347 e. The average molecular weight is 488 g/mol. The van der Waals surface area contributed by atoms with Gasteiger partial charge in [-0.25, -0.2) is 8.42 Å². The molecule has 4 rings (SSSR count). The lowest BCUT2D eigenvalue weighted by Crippen LogP contribution is -2.33. The molecule has 0 unspecified atom stereocenters. The number of rotatable bonds is 8. The second-order valence-electron chi connectivity index (χ2n) is 8.09. The molecule has 0 aromatic heterocycles. The lowest BCUT2D eigenvalue weighted by Gasteiger charge is -2.13. The van der Waals surface area contributed by atoms with Crippen LogP contribution in [0.1, 0.15) is 11.1 Å². The van der Waals surface area contributed by atoms with Crippen LogP contribution in [0, 0.1) is 6.92 Å². The molecule has 0 aliphatic carbocycles. The number of hydrogen-bond acceptors (Lipinski definition) is 4. The number of benzene rings is 4. The Bertz CT molecular complexity index is 1480. The second kappa shape index (κ2) is 10.4. The Hall–Kier alpha value is -4.17. The van der Waals surface area contributed by atoms with Gasteiger partial charge in [0.05, 0.1) is 23.5 Å². The smallest absolute Gasteiger partial charge is 0.261 e. The predicted octanol–water partition coefficient (Wildman–Crippen LogP) is 4.25. The van der Waals surface area contributed by atoms with Crippen LogP contribution < -0.4 is 15.4 Å². The van der Waals surface area contributed by atoms with Crippen molar-refractivity contribution in [3.63, 3.8) is 0 Å². The van der Waals surface area contributed by atoms with E-state index in [2.05, 4.69) is 15.4 Å². The van der Waals surface area contributed by atoms with Crippen molar-refractivity contribution in [3.05, 3.63) is 102 Å². The van der Waals surface area contributed by atoms with Crippen molar-refractivity contribution in [2.45, 2.75) is 18.2 Å².